The van der Waals surface area contributed by atoms with E-state index in [-0.39, 0.29) is 24.1 Å². The fourth-order valence-electron chi connectivity index (χ4n) is 3.51. The molecule has 3 rings (SSSR count). The number of nitrogens with zero attached hydrogens (tertiary/aromatic N) is 2. The van der Waals surface area contributed by atoms with E-state index in [1.807, 2.05) is 31.2 Å². The fourth-order valence-corrected chi connectivity index (χ4v) is 4.63. The highest BCUT2D eigenvalue weighted by Gasteiger charge is 2.35. The number of thioether (sulfide) groups is 1. The molecule has 0 aliphatic carbocycles. The summed E-state index contributed by atoms with van der Waals surface area (Å²) in [5.41, 5.74) is 2.30. The van der Waals surface area contributed by atoms with Crippen molar-refractivity contribution in [2.75, 3.05) is 11.9 Å². The van der Waals surface area contributed by atoms with Crippen LogP contribution in [0.1, 0.15) is 51.0 Å². The molecule has 0 aromatic heterocycles. The Morgan fingerprint density at radius 1 is 1.16 bits per heavy atom. The van der Waals surface area contributed by atoms with E-state index < -0.39 is 5.25 Å². The Hall–Kier alpha value is -2.67. The molecule has 2 aromatic rings. The third-order valence-corrected chi connectivity index (χ3v) is 6.44. The van der Waals surface area contributed by atoms with Gasteiger partial charge in [0.2, 0.25) is 11.8 Å². The maximum atomic E-state index is 13.3. The van der Waals surface area contributed by atoms with E-state index in [0.29, 0.717) is 23.1 Å². The largest absolute Gasteiger partial charge is 0.325 e. The number of aryl methyl sites for hydroxylation is 1. The summed E-state index contributed by atoms with van der Waals surface area (Å²) in [6, 6.07) is 13.4. The second kappa shape index (κ2) is 11.8. The Morgan fingerprint density at radius 3 is 2.62 bits per heavy atom. The number of halogens is 1. The fraction of sp³-hybridized carbons (Fsp3) is 0.400. The Morgan fingerprint density at radius 2 is 1.91 bits per heavy atom. The van der Waals surface area contributed by atoms with E-state index >= 15 is 0 Å². The van der Waals surface area contributed by atoms with Gasteiger partial charge in [-0.15, -0.1) is 0 Å². The number of carbonyl (C=O) groups excluding carboxylic acids is 2. The van der Waals surface area contributed by atoms with Gasteiger partial charge in [0.25, 0.3) is 0 Å². The number of hydrogen-bond donors (Lipinski definition) is 1. The summed E-state index contributed by atoms with van der Waals surface area (Å²) in [4.78, 5) is 32.2. The van der Waals surface area contributed by atoms with E-state index in [1.54, 1.807) is 17.0 Å². The van der Waals surface area contributed by atoms with Crippen LogP contribution in [-0.2, 0) is 9.59 Å². The van der Waals surface area contributed by atoms with E-state index in [2.05, 4.69) is 17.2 Å². The van der Waals surface area contributed by atoms with Gasteiger partial charge in [0.15, 0.2) is 5.17 Å². The molecule has 7 heteroatoms. The number of rotatable bonds is 9. The van der Waals surface area contributed by atoms with Crippen LogP contribution in [0.5, 0.6) is 0 Å². The smallest absolute Gasteiger partial charge is 0.238 e. The maximum absolute atomic E-state index is 13.3. The second-order valence-electron chi connectivity index (χ2n) is 8.00. The minimum absolute atomic E-state index is 0.107. The van der Waals surface area contributed by atoms with Gasteiger partial charge in [-0.05, 0) is 55.3 Å². The molecule has 170 valence electrons. The van der Waals surface area contributed by atoms with Crippen LogP contribution in [0.15, 0.2) is 53.5 Å². The van der Waals surface area contributed by atoms with Crippen molar-refractivity contribution in [2.45, 2.75) is 57.6 Å². The predicted molar refractivity (Wildman–Crippen MR) is 130 cm³/mol. The standard InChI is InChI=1S/C25H30FN3O2S/c1-3-4-5-6-7-15-29-23(30)17-22(24(31)27-21-10-8-9-18(2)16-21)32-25(29)28-20-13-11-19(26)12-14-20/h8-14,16,22H,3-7,15,17H2,1-2H3,(H,27,31). The van der Waals surface area contributed by atoms with Crippen molar-refractivity contribution in [3.8, 4) is 0 Å². The Balaban J connectivity index is 1.75. The van der Waals surface area contributed by atoms with Crippen LogP contribution >= 0.6 is 11.8 Å². The molecule has 1 N–H and O–H groups in total. The number of amides is 2. The van der Waals surface area contributed by atoms with Crippen molar-refractivity contribution in [1.82, 2.24) is 4.90 Å². The summed E-state index contributed by atoms with van der Waals surface area (Å²) in [7, 11) is 0. The molecular formula is C25H30FN3O2S. The maximum Gasteiger partial charge on any atom is 0.238 e. The van der Waals surface area contributed by atoms with Gasteiger partial charge in [-0.2, -0.15) is 0 Å². The van der Waals surface area contributed by atoms with Crippen LogP contribution in [0.3, 0.4) is 0 Å². The van der Waals surface area contributed by atoms with Gasteiger partial charge in [-0.1, -0.05) is 56.5 Å². The molecule has 1 saturated heterocycles. The Kier molecular flexibility index (Phi) is 8.85. The van der Waals surface area contributed by atoms with Crippen LogP contribution in [0, 0.1) is 12.7 Å². The van der Waals surface area contributed by atoms with Crippen molar-refractivity contribution in [2.24, 2.45) is 4.99 Å². The van der Waals surface area contributed by atoms with Crippen molar-refractivity contribution < 1.29 is 14.0 Å². The number of benzene rings is 2. The van der Waals surface area contributed by atoms with Gasteiger partial charge >= 0.3 is 0 Å². The van der Waals surface area contributed by atoms with Crippen molar-refractivity contribution in [1.29, 1.82) is 0 Å². The van der Waals surface area contributed by atoms with Gasteiger partial charge in [0.1, 0.15) is 11.1 Å². The Labute approximate surface area is 193 Å². The van der Waals surface area contributed by atoms with Crippen molar-refractivity contribution >= 4 is 40.1 Å². The number of nitrogens with one attached hydrogen (secondary N) is 1. The summed E-state index contributed by atoms with van der Waals surface area (Å²) >= 11 is 1.29. The van der Waals surface area contributed by atoms with E-state index in [4.69, 9.17) is 0 Å². The van der Waals surface area contributed by atoms with Gasteiger partial charge in [0.05, 0.1) is 5.69 Å². The molecule has 0 bridgehead atoms. The molecule has 0 spiro atoms. The molecule has 1 aliphatic heterocycles. The zero-order valence-corrected chi connectivity index (χ0v) is 19.5. The molecule has 1 aliphatic rings. The van der Waals surface area contributed by atoms with Crippen molar-refractivity contribution in [3.63, 3.8) is 0 Å². The first-order valence-corrected chi connectivity index (χ1v) is 12.0. The highest BCUT2D eigenvalue weighted by atomic mass is 32.2. The van der Waals surface area contributed by atoms with Gasteiger partial charge in [-0.25, -0.2) is 9.38 Å². The molecule has 1 atom stereocenters. The summed E-state index contributed by atoms with van der Waals surface area (Å²) < 4.78 is 13.3. The first kappa shape index (κ1) is 24.0. The number of aliphatic imine (C=N–C) groups is 1. The van der Waals surface area contributed by atoms with Crippen LogP contribution < -0.4 is 5.32 Å². The molecule has 2 aromatic carbocycles. The summed E-state index contributed by atoms with van der Waals surface area (Å²) in [6.07, 6.45) is 5.53. The molecule has 1 unspecified atom stereocenters. The molecule has 5 nitrogen and oxygen atoms in total. The summed E-state index contributed by atoms with van der Waals surface area (Å²) in [5, 5.41) is 2.83. The monoisotopic (exact) mass is 455 g/mol. The average Bonchev–Trinajstić information content (AvgIpc) is 2.76. The van der Waals surface area contributed by atoms with Crippen LogP contribution in [0.25, 0.3) is 0 Å². The lowest BCUT2D eigenvalue weighted by Crippen LogP contribution is -2.45. The van der Waals surface area contributed by atoms with Crippen LogP contribution in [0.4, 0.5) is 15.8 Å². The topological polar surface area (TPSA) is 61.8 Å². The number of anilines is 1. The lowest BCUT2D eigenvalue weighted by atomic mass is 10.1. The minimum Gasteiger partial charge on any atom is -0.325 e. The molecule has 0 radical (unpaired) electrons. The average molecular weight is 456 g/mol. The van der Waals surface area contributed by atoms with Crippen molar-refractivity contribution in [3.05, 3.63) is 59.9 Å². The number of hydrogen-bond acceptors (Lipinski definition) is 4. The Bertz CT molecular complexity index is 962. The predicted octanol–water partition coefficient (Wildman–Crippen LogP) is 6.06. The number of unbranched alkanes of at least 4 members (excludes halogenated alkanes) is 4. The SMILES string of the molecule is CCCCCCCN1C(=O)CC(C(=O)Nc2cccc(C)c2)SC1=Nc1ccc(F)cc1. The molecule has 32 heavy (non-hydrogen) atoms. The normalized spacial score (nSPS) is 17.6. The minimum atomic E-state index is -0.571. The number of carbonyl (C=O) groups is 2. The lowest BCUT2D eigenvalue weighted by molar-refractivity contribution is -0.129. The van der Waals surface area contributed by atoms with E-state index in [9.17, 15) is 14.0 Å². The first-order chi connectivity index (χ1) is 15.5. The molecule has 1 heterocycles. The molecule has 0 saturated carbocycles. The zero-order valence-electron chi connectivity index (χ0n) is 18.6. The molecule has 2 amide bonds. The highest BCUT2D eigenvalue weighted by molar-refractivity contribution is 8.15. The lowest BCUT2D eigenvalue weighted by Gasteiger charge is -2.32. The van der Waals surface area contributed by atoms with E-state index in [1.165, 1.54) is 30.3 Å². The summed E-state index contributed by atoms with van der Waals surface area (Å²) in [6.45, 7) is 4.70. The first-order valence-electron chi connectivity index (χ1n) is 11.1. The van der Waals surface area contributed by atoms with Crippen LogP contribution in [-0.4, -0.2) is 33.7 Å². The third kappa shape index (κ3) is 6.92. The van der Waals surface area contributed by atoms with Gasteiger partial charge < -0.3 is 5.32 Å². The molecule has 1 fully saturated rings. The highest BCUT2D eigenvalue weighted by Crippen LogP contribution is 2.30. The second-order valence-corrected chi connectivity index (χ2v) is 9.17. The van der Waals surface area contributed by atoms with E-state index in [0.717, 1.165) is 31.2 Å². The van der Waals surface area contributed by atoms with Crippen LogP contribution in [0.2, 0.25) is 0 Å². The van der Waals surface area contributed by atoms with Gasteiger partial charge in [-0.3, -0.25) is 14.5 Å². The third-order valence-electron chi connectivity index (χ3n) is 5.25. The zero-order chi connectivity index (χ0) is 22.9. The quantitative estimate of drug-likeness (QED) is 0.467. The molecular weight excluding hydrogens is 425 g/mol. The summed E-state index contributed by atoms with van der Waals surface area (Å²) in [5.74, 6) is -0.669. The number of amidine groups is 1. The van der Waals surface area contributed by atoms with Gasteiger partial charge in [0, 0.05) is 18.7 Å².